The third-order valence-corrected chi connectivity index (χ3v) is 8.76. The van der Waals surface area contributed by atoms with E-state index >= 15 is 0 Å². The van der Waals surface area contributed by atoms with Crippen LogP contribution in [0.5, 0.6) is 0 Å². The fraction of sp³-hybridized carbons (Fsp3) is 0.471. The van der Waals surface area contributed by atoms with Gasteiger partial charge in [-0.15, -0.1) is 0 Å². The van der Waals surface area contributed by atoms with E-state index in [1.165, 1.54) is 12.1 Å². The highest BCUT2D eigenvalue weighted by Gasteiger charge is 2.46. The van der Waals surface area contributed by atoms with Crippen LogP contribution in [0.2, 0.25) is 0 Å². The van der Waals surface area contributed by atoms with Crippen LogP contribution in [0.4, 0.5) is 4.39 Å². The van der Waals surface area contributed by atoms with Gasteiger partial charge in [0.2, 0.25) is 0 Å². The van der Waals surface area contributed by atoms with Crippen LogP contribution in [0, 0.1) is 11.2 Å². The summed E-state index contributed by atoms with van der Waals surface area (Å²) in [6.45, 7) is 16.3. The molecule has 0 aromatic heterocycles. The quantitative estimate of drug-likeness (QED) is 0.292. The average molecular weight is 592 g/mol. The van der Waals surface area contributed by atoms with E-state index in [1.54, 1.807) is 25.5 Å². The van der Waals surface area contributed by atoms with E-state index in [1.807, 2.05) is 19.9 Å². The topological polar surface area (TPSA) is 101 Å². The summed E-state index contributed by atoms with van der Waals surface area (Å²) < 4.78 is 25.8. The summed E-state index contributed by atoms with van der Waals surface area (Å²) in [7, 11) is 1.74. The van der Waals surface area contributed by atoms with Gasteiger partial charge in [0.1, 0.15) is 17.4 Å². The van der Waals surface area contributed by atoms with Gasteiger partial charge in [-0.1, -0.05) is 19.2 Å². The van der Waals surface area contributed by atoms with Crippen LogP contribution in [0.3, 0.4) is 0 Å². The molecule has 0 radical (unpaired) electrons. The third kappa shape index (κ3) is 8.45. The van der Waals surface area contributed by atoms with Crippen molar-refractivity contribution >= 4 is 12.1 Å². The van der Waals surface area contributed by atoms with Crippen LogP contribution in [-0.4, -0.2) is 63.0 Å². The second-order valence-corrected chi connectivity index (χ2v) is 11.9. The molecule has 9 heteroatoms. The number of nitrogens with zero attached hydrogens (tertiary/aromatic N) is 2. The number of ether oxygens (including phenoxy) is 2. The molecule has 1 spiro atoms. The van der Waals surface area contributed by atoms with Crippen molar-refractivity contribution in [3.8, 4) is 0 Å². The molecule has 3 fully saturated rings. The molecule has 1 aromatic carbocycles. The van der Waals surface area contributed by atoms with Crippen molar-refractivity contribution in [3.63, 3.8) is 0 Å². The number of halogens is 1. The number of rotatable bonds is 12. The summed E-state index contributed by atoms with van der Waals surface area (Å²) >= 11 is 0. The summed E-state index contributed by atoms with van der Waals surface area (Å²) in [5.74, 6) is 0.341. The van der Waals surface area contributed by atoms with Gasteiger partial charge in [0.05, 0.1) is 13.2 Å². The minimum Gasteiger partial charge on any atom is -0.492 e. The normalized spacial score (nSPS) is 21.3. The summed E-state index contributed by atoms with van der Waals surface area (Å²) in [6, 6.07) is 4.68. The highest BCUT2D eigenvalue weighted by Crippen LogP contribution is 2.49. The number of carbonyl (C=O) groups is 1. The van der Waals surface area contributed by atoms with Crippen molar-refractivity contribution in [1.82, 2.24) is 15.5 Å². The number of amides is 1. The van der Waals surface area contributed by atoms with Crippen molar-refractivity contribution < 1.29 is 18.7 Å². The maximum Gasteiger partial charge on any atom is 0.251 e. The van der Waals surface area contributed by atoms with Gasteiger partial charge in [-0.05, 0) is 93.4 Å². The molecule has 232 valence electrons. The van der Waals surface area contributed by atoms with Crippen LogP contribution in [0.25, 0.3) is 0 Å². The first-order chi connectivity index (χ1) is 20.6. The minimum absolute atomic E-state index is 0.138. The largest absolute Gasteiger partial charge is 0.492 e. The van der Waals surface area contributed by atoms with Gasteiger partial charge in [-0.2, -0.15) is 0 Å². The first-order valence-electron chi connectivity index (χ1n) is 15.0. The molecular weight excluding hydrogens is 545 g/mol. The van der Waals surface area contributed by atoms with Crippen LogP contribution < -0.4 is 16.4 Å². The SMILES string of the molecule is C=CC(=C1/OCC/C1=C(/C)NCc1cc(F)cc(C(=O)NC2CC3(CCN(CCOC)CC3)C2)c1)/C(C)=C/C=NC(=C)N. The Morgan fingerprint density at radius 2 is 2.02 bits per heavy atom. The number of piperidine rings is 1. The van der Waals surface area contributed by atoms with Crippen molar-refractivity contribution in [3.05, 3.63) is 94.4 Å². The zero-order valence-electron chi connectivity index (χ0n) is 25.8. The second kappa shape index (κ2) is 14.7. The minimum atomic E-state index is -0.426. The van der Waals surface area contributed by atoms with Gasteiger partial charge in [0.15, 0.2) is 0 Å². The third-order valence-electron chi connectivity index (χ3n) is 8.76. The summed E-state index contributed by atoms with van der Waals surface area (Å²) in [4.78, 5) is 19.5. The molecule has 4 N–H and O–H groups in total. The number of likely N-dealkylation sites (tertiary alicyclic amines) is 1. The molecule has 2 aliphatic heterocycles. The predicted molar refractivity (Wildman–Crippen MR) is 170 cm³/mol. The molecule has 2 heterocycles. The second-order valence-electron chi connectivity index (χ2n) is 11.9. The first kappa shape index (κ1) is 32.2. The fourth-order valence-electron chi connectivity index (χ4n) is 6.28. The maximum absolute atomic E-state index is 14.6. The van der Waals surface area contributed by atoms with Gasteiger partial charge in [0, 0.05) is 61.3 Å². The number of nitrogens with two attached hydrogens (primary N) is 1. The molecule has 8 nitrogen and oxygen atoms in total. The first-order valence-corrected chi connectivity index (χ1v) is 15.0. The standard InChI is InChI=1S/C34H46FN5O3/c1-6-30(23(2)7-11-37-25(4)36)32-31(8-15-43-32)24(3)38-22-26-17-27(19-28(35)18-26)33(41)39-29-20-34(21-29)9-12-40(13-10-34)14-16-42-5/h6-7,11,17-19,29,38H,1,4,8-10,12-16,20-22,36H2,2-3,5H3,(H,39,41)/b23-7+,31-24+,32-30-,37-11?. The van der Waals surface area contributed by atoms with Crippen molar-refractivity contribution in [2.24, 2.45) is 16.1 Å². The number of methoxy groups -OCH3 is 1. The number of benzene rings is 1. The molecule has 1 saturated carbocycles. The Bertz CT molecular complexity index is 1330. The van der Waals surface area contributed by atoms with E-state index in [-0.39, 0.29) is 17.8 Å². The Hall–Kier alpha value is -3.69. The predicted octanol–water partition coefficient (Wildman–Crippen LogP) is 5.12. The van der Waals surface area contributed by atoms with Crippen LogP contribution in [0.15, 0.2) is 82.5 Å². The van der Waals surface area contributed by atoms with E-state index in [9.17, 15) is 9.18 Å². The van der Waals surface area contributed by atoms with Crippen LogP contribution in [-0.2, 0) is 16.0 Å². The highest BCUT2D eigenvalue weighted by atomic mass is 19.1. The zero-order valence-corrected chi connectivity index (χ0v) is 25.8. The molecule has 43 heavy (non-hydrogen) atoms. The summed E-state index contributed by atoms with van der Waals surface area (Å²) in [5, 5.41) is 6.55. The summed E-state index contributed by atoms with van der Waals surface area (Å²) in [5.41, 5.74) is 10.6. The fourth-order valence-corrected chi connectivity index (χ4v) is 6.28. The Morgan fingerprint density at radius 1 is 1.28 bits per heavy atom. The van der Waals surface area contributed by atoms with E-state index in [0.717, 1.165) is 86.5 Å². The van der Waals surface area contributed by atoms with Crippen molar-refractivity contribution in [2.45, 2.75) is 58.5 Å². The van der Waals surface area contributed by atoms with E-state index in [2.05, 4.69) is 33.7 Å². The van der Waals surface area contributed by atoms with Gasteiger partial charge in [-0.3, -0.25) is 4.79 Å². The lowest BCUT2D eigenvalue weighted by molar-refractivity contribution is 0.00111. The Labute approximate surface area is 255 Å². The lowest BCUT2D eigenvalue weighted by Crippen LogP contribution is -2.55. The molecule has 0 unspecified atom stereocenters. The number of hydrogen-bond acceptors (Lipinski definition) is 7. The zero-order chi connectivity index (χ0) is 31.0. The molecule has 1 aliphatic carbocycles. The number of nitrogens with one attached hydrogen (secondary N) is 2. The number of hydrogen-bond donors (Lipinski definition) is 3. The lowest BCUT2D eigenvalue weighted by atomic mass is 9.60. The molecule has 3 aliphatic rings. The van der Waals surface area contributed by atoms with Gasteiger partial charge in [-0.25, -0.2) is 9.38 Å². The van der Waals surface area contributed by atoms with Crippen LogP contribution >= 0.6 is 0 Å². The van der Waals surface area contributed by atoms with Gasteiger partial charge in [0.25, 0.3) is 5.91 Å². The van der Waals surface area contributed by atoms with E-state index in [0.29, 0.717) is 29.7 Å². The molecule has 4 rings (SSSR count). The molecular formula is C34H46FN5O3. The molecule has 1 amide bonds. The Morgan fingerprint density at radius 3 is 2.70 bits per heavy atom. The highest BCUT2D eigenvalue weighted by molar-refractivity contribution is 5.94. The van der Waals surface area contributed by atoms with Gasteiger partial charge < -0.3 is 30.7 Å². The number of aliphatic imine (C=N–C) groups is 1. The van der Waals surface area contributed by atoms with E-state index in [4.69, 9.17) is 15.2 Å². The van der Waals surface area contributed by atoms with Crippen molar-refractivity contribution in [1.29, 1.82) is 0 Å². The van der Waals surface area contributed by atoms with Crippen LogP contribution in [0.1, 0.15) is 61.9 Å². The maximum atomic E-state index is 14.6. The Balaban J connectivity index is 1.36. The monoisotopic (exact) mass is 591 g/mol. The smallest absolute Gasteiger partial charge is 0.251 e. The molecule has 1 aromatic rings. The molecule has 0 atom stereocenters. The van der Waals surface area contributed by atoms with Gasteiger partial charge >= 0.3 is 0 Å². The summed E-state index contributed by atoms with van der Waals surface area (Å²) in [6.07, 6.45) is 10.2. The Kier molecular flexibility index (Phi) is 11.0. The number of allylic oxidation sites excluding steroid dienone is 6. The number of carbonyl (C=O) groups excluding carboxylic acids is 1. The molecule has 0 bridgehead atoms. The van der Waals surface area contributed by atoms with Crippen molar-refractivity contribution in [2.75, 3.05) is 40.0 Å². The average Bonchev–Trinajstić information content (AvgIpc) is 3.44. The van der Waals surface area contributed by atoms with E-state index < -0.39 is 5.82 Å². The molecule has 2 saturated heterocycles. The lowest BCUT2D eigenvalue weighted by Gasteiger charge is -2.52.